The molecule has 1 heterocycles. The van der Waals surface area contributed by atoms with E-state index in [0.717, 1.165) is 10.5 Å². The van der Waals surface area contributed by atoms with Gasteiger partial charge in [0, 0.05) is 19.0 Å². The Morgan fingerprint density at radius 3 is 2.11 bits per heavy atom. The van der Waals surface area contributed by atoms with Crippen LogP contribution in [0.4, 0.5) is 4.79 Å². The number of rotatable bonds is 10. The predicted molar refractivity (Wildman–Crippen MR) is 139 cm³/mol. The number of aliphatic hydroxyl groups is 1. The van der Waals surface area contributed by atoms with Gasteiger partial charge in [0.05, 0.1) is 26.4 Å². The molecule has 3 amide bonds. The molecule has 3 aromatic rings. The quantitative estimate of drug-likeness (QED) is 0.395. The molecular formula is C29H30N2O7. The number of carbonyl (C=O) groups is 3. The molecule has 0 saturated carbocycles. The van der Waals surface area contributed by atoms with Crippen LogP contribution in [0, 0.1) is 0 Å². The minimum Gasteiger partial charge on any atom is -0.497 e. The number of amides is 3. The van der Waals surface area contributed by atoms with Gasteiger partial charge in [0.25, 0.3) is 17.4 Å². The van der Waals surface area contributed by atoms with Gasteiger partial charge in [0.2, 0.25) is 0 Å². The van der Waals surface area contributed by atoms with Crippen molar-refractivity contribution in [3.8, 4) is 11.5 Å². The average Bonchev–Trinajstić information content (AvgIpc) is 3.21. The van der Waals surface area contributed by atoms with E-state index in [1.165, 1.54) is 14.2 Å². The van der Waals surface area contributed by atoms with Crippen molar-refractivity contribution in [1.82, 2.24) is 10.2 Å². The molecule has 1 saturated heterocycles. The monoisotopic (exact) mass is 518 g/mol. The lowest BCUT2D eigenvalue weighted by Gasteiger charge is -2.26. The van der Waals surface area contributed by atoms with Crippen molar-refractivity contribution in [2.24, 2.45) is 0 Å². The molecule has 2 N–H and O–H groups in total. The number of imide groups is 1. The number of nitrogens with one attached hydrogen (secondary N) is 1. The van der Waals surface area contributed by atoms with Gasteiger partial charge >= 0.3 is 6.09 Å². The number of hydrogen-bond acceptors (Lipinski definition) is 7. The van der Waals surface area contributed by atoms with Crippen LogP contribution in [0.1, 0.15) is 35.8 Å². The molecule has 3 atom stereocenters. The number of cyclic esters (lactones) is 1. The highest BCUT2D eigenvalue weighted by atomic mass is 16.6. The van der Waals surface area contributed by atoms with Crippen LogP contribution in [0.25, 0.3) is 0 Å². The third kappa shape index (κ3) is 5.33. The highest BCUT2D eigenvalue weighted by Gasteiger charge is 2.60. The lowest BCUT2D eigenvalue weighted by atomic mass is 9.91. The van der Waals surface area contributed by atoms with Gasteiger partial charge < -0.3 is 24.6 Å². The van der Waals surface area contributed by atoms with Crippen molar-refractivity contribution in [2.75, 3.05) is 20.8 Å². The summed E-state index contributed by atoms with van der Waals surface area (Å²) in [6.45, 7) is 1.45. The lowest BCUT2D eigenvalue weighted by Crippen LogP contribution is -2.55. The van der Waals surface area contributed by atoms with Gasteiger partial charge in [-0.05, 0) is 35.7 Å². The van der Waals surface area contributed by atoms with Crippen LogP contribution in [0.15, 0.2) is 78.9 Å². The van der Waals surface area contributed by atoms with Gasteiger partial charge in [-0.15, -0.1) is 0 Å². The molecule has 0 bridgehead atoms. The third-order valence-corrected chi connectivity index (χ3v) is 6.57. The molecule has 1 aliphatic rings. The van der Waals surface area contributed by atoms with Crippen molar-refractivity contribution in [1.29, 1.82) is 0 Å². The van der Waals surface area contributed by atoms with Crippen molar-refractivity contribution in [3.05, 3.63) is 95.6 Å². The molecule has 38 heavy (non-hydrogen) atoms. The Morgan fingerprint density at radius 2 is 1.53 bits per heavy atom. The molecule has 1 fully saturated rings. The maximum Gasteiger partial charge on any atom is 0.418 e. The molecule has 3 unspecified atom stereocenters. The zero-order valence-electron chi connectivity index (χ0n) is 21.4. The van der Waals surface area contributed by atoms with Crippen LogP contribution in [-0.4, -0.2) is 54.3 Å². The number of methoxy groups -OCH3 is 2. The molecule has 3 aromatic carbocycles. The minimum absolute atomic E-state index is 0.161. The van der Waals surface area contributed by atoms with Crippen LogP contribution >= 0.6 is 0 Å². The van der Waals surface area contributed by atoms with E-state index >= 15 is 0 Å². The summed E-state index contributed by atoms with van der Waals surface area (Å²) in [6, 6.07) is 22.1. The summed E-state index contributed by atoms with van der Waals surface area (Å²) in [7, 11) is 2.98. The molecule has 0 spiro atoms. The first-order valence-corrected chi connectivity index (χ1v) is 12.1. The Bertz CT molecular complexity index is 1280. The van der Waals surface area contributed by atoms with E-state index in [1.54, 1.807) is 79.7 Å². The summed E-state index contributed by atoms with van der Waals surface area (Å²) >= 11 is 0. The Balaban J connectivity index is 1.60. The van der Waals surface area contributed by atoms with Crippen LogP contribution < -0.4 is 14.8 Å². The molecule has 1 aliphatic heterocycles. The standard InChI is InChI=1S/C29H30N2O7/c1-19(21-12-8-5-9-13-21)31-27(34)29(38-28(31)35,17-20-10-6-4-7-11-20)26(33)30-18-25(32)22-14-23(36-2)16-24(15-22)37-3/h4-16,19,25,32H,17-18H2,1-3H3,(H,30,33). The fourth-order valence-electron chi connectivity index (χ4n) is 4.42. The summed E-state index contributed by atoms with van der Waals surface area (Å²) in [5.41, 5.74) is -0.340. The van der Waals surface area contributed by atoms with Crippen LogP contribution in [-0.2, 0) is 20.7 Å². The average molecular weight is 519 g/mol. The summed E-state index contributed by atoms with van der Waals surface area (Å²) < 4.78 is 16.1. The van der Waals surface area contributed by atoms with E-state index < -0.39 is 35.7 Å². The summed E-state index contributed by atoms with van der Waals surface area (Å²) in [5.74, 6) is -0.652. The number of nitrogens with zero attached hydrogens (tertiary/aromatic N) is 1. The maximum atomic E-state index is 13.8. The lowest BCUT2D eigenvalue weighted by molar-refractivity contribution is -0.150. The summed E-state index contributed by atoms with van der Waals surface area (Å²) in [6.07, 6.45) is -2.22. The Hall–Kier alpha value is -4.37. The van der Waals surface area contributed by atoms with Gasteiger partial charge in [-0.25, -0.2) is 9.69 Å². The predicted octanol–water partition coefficient (Wildman–Crippen LogP) is 3.57. The second kappa shape index (κ2) is 11.4. The van der Waals surface area contributed by atoms with E-state index in [1.807, 2.05) is 6.07 Å². The highest BCUT2D eigenvalue weighted by Crippen LogP contribution is 2.35. The maximum absolute atomic E-state index is 13.8. The smallest absolute Gasteiger partial charge is 0.418 e. The van der Waals surface area contributed by atoms with Crippen LogP contribution in [0.5, 0.6) is 11.5 Å². The second-order valence-corrected chi connectivity index (χ2v) is 8.99. The minimum atomic E-state index is -2.13. The van der Waals surface area contributed by atoms with Crippen molar-refractivity contribution >= 4 is 17.9 Å². The number of aliphatic hydroxyl groups excluding tert-OH is 1. The fourth-order valence-corrected chi connectivity index (χ4v) is 4.42. The first kappa shape index (κ1) is 26.7. The number of ether oxygens (including phenoxy) is 3. The molecule has 0 aromatic heterocycles. The summed E-state index contributed by atoms with van der Waals surface area (Å²) in [5, 5.41) is 13.4. The third-order valence-electron chi connectivity index (χ3n) is 6.57. The van der Waals surface area contributed by atoms with Gasteiger partial charge in [0.15, 0.2) is 0 Å². The fraction of sp³-hybridized carbons (Fsp3) is 0.276. The molecule has 0 aliphatic carbocycles. The van der Waals surface area contributed by atoms with E-state index in [2.05, 4.69) is 5.32 Å². The summed E-state index contributed by atoms with van der Waals surface area (Å²) in [4.78, 5) is 41.4. The van der Waals surface area contributed by atoms with Gasteiger partial charge in [0.1, 0.15) is 11.5 Å². The van der Waals surface area contributed by atoms with Gasteiger partial charge in [-0.2, -0.15) is 0 Å². The van der Waals surface area contributed by atoms with Crippen LogP contribution in [0.2, 0.25) is 0 Å². The second-order valence-electron chi connectivity index (χ2n) is 8.99. The highest BCUT2D eigenvalue weighted by molar-refractivity contribution is 6.17. The van der Waals surface area contributed by atoms with E-state index in [4.69, 9.17) is 14.2 Å². The Morgan fingerprint density at radius 1 is 0.947 bits per heavy atom. The molecular weight excluding hydrogens is 488 g/mol. The largest absolute Gasteiger partial charge is 0.497 e. The van der Waals surface area contributed by atoms with Gasteiger partial charge in [-0.1, -0.05) is 60.7 Å². The van der Waals surface area contributed by atoms with E-state index in [0.29, 0.717) is 22.6 Å². The number of hydrogen-bond donors (Lipinski definition) is 2. The molecule has 4 rings (SSSR count). The zero-order chi connectivity index (χ0) is 27.3. The normalized spacial score (nSPS) is 18.5. The SMILES string of the molecule is COc1cc(OC)cc(C(O)CNC(=O)C2(Cc3ccccc3)OC(=O)N(C(C)c3ccccc3)C2=O)c1. The van der Waals surface area contributed by atoms with Crippen LogP contribution in [0.3, 0.4) is 0 Å². The molecule has 0 radical (unpaired) electrons. The van der Waals surface area contributed by atoms with E-state index in [9.17, 15) is 19.5 Å². The number of carbonyl (C=O) groups excluding carboxylic acids is 3. The Labute approximate surface area is 220 Å². The Kier molecular flexibility index (Phi) is 7.97. The van der Waals surface area contributed by atoms with Gasteiger partial charge in [-0.3, -0.25) is 9.59 Å². The van der Waals surface area contributed by atoms with Crippen molar-refractivity contribution in [2.45, 2.75) is 31.1 Å². The molecule has 198 valence electrons. The van der Waals surface area contributed by atoms with Crippen molar-refractivity contribution in [3.63, 3.8) is 0 Å². The first-order chi connectivity index (χ1) is 18.3. The molecule has 9 heteroatoms. The van der Waals surface area contributed by atoms with Crippen molar-refractivity contribution < 1.29 is 33.7 Å². The zero-order valence-corrected chi connectivity index (χ0v) is 21.4. The number of benzene rings is 3. The van der Waals surface area contributed by atoms with E-state index in [-0.39, 0.29) is 13.0 Å². The topological polar surface area (TPSA) is 114 Å². The first-order valence-electron chi connectivity index (χ1n) is 12.1. The molecule has 9 nitrogen and oxygen atoms in total.